The van der Waals surface area contributed by atoms with Gasteiger partial charge >= 0.3 is 0 Å². The van der Waals surface area contributed by atoms with Crippen LogP contribution < -0.4 is 14.3 Å². The number of hydrogen-bond donors (Lipinski definition) is 0. The van der Waals surface area contributed by atoms with Crippen molar-refractivity contribution in [2.75, 3.05) is 0 Å². The largest absolute Gasteiger partial charge is 0.656 e. The van der Waals surface area contributed by atoms with E-state index in [1.807, 2.05) is 0 Å². The third-order valence-corrected chi connectivity index (χ3v) is 16.6. The molecular weight excluding hydrogens is 963 g/mol. The Balaban J connectivity index is 1.50. The van der Waals surface area contributed by atoms with Crippen LogP contribution in [-0.2, 0) is 10.8 Å². The lowest BCUT2D eigenvalue weighted by molar-refractivity contribution is -0.651. The van der Waals surface area contributed by atoms with Crippen molar-refractivity contribution >= 4 is 21.8 Å². The Morgan fingerprint density at radius 3 is 0.861 bits per heavy atom. The molecule has 0 saturated carbocycles. The molecule has 0 aliphatic heterocycles. The maximum absolute atomic E-state index is 6.06. The Bertz CT molecular complexity index is 3370. The summed E-state index contributed by atoms with van der Waals surface area (Å²) in [6.45, 7) is 51.0. The van der Waals surface area contributed by atoms with Gasteiger partial charge in [0, 0.05) is 55.6 Å². The van der Waals surface area contributed by atoms with Crippen LogP contribution in [-0.4, -0.2) is 19.8 Å². The van der Waals surface area contributed by atoms with Gasteiger partial charge < -0.3 is 4.98 Å². The smallest absolute Gasteiger partial charge is 0.203 e. The van der Waals surface area contributed by atoms with Gasteiger partial charge in [0.2, 0.25) is 11.4 Å². The fourth-order valence-corrected chi connectivity index (χ4v) is 12.0. The fraction of sp³-hybridized carbons (Fsp3) is 0.444. The van der Waals surface area contributed by atoms with Crippen molar-refractivity contribution in [2.45, 2.75) is 210 Å². The van der Waals surface area contributed by atoms with Gasteiger partial charge in [-0.1, -0.05) is 247 Å². The van der Waals surface area contributed by atoms with Crippen molar-refractivity contribution in [3.63, 3.8) is 0 Å². The molecule has 0 spiro atoms. The summed E-state index contributed by atoms with van der Waals surface area (Å²) in [6.07, 6.45) is 4.65. The Labute approximate surface area is 474 Å². The minimum atomic E-state index is -0.193. The second-order valence-electron chi connectivity index (χ2n) is 27.3. The third-order valence-electron chi connectivity index (χ3n) is 16.6. The van der Waals surface area contributed by atoms with E-state index in [1.165, 1.54) is 55.6 Å². The molecule has 0 fully saturated rings. The quantitative estimate of drug-likeness (QED) is 0.102. The molecule has 0 aliphatic carbocycles. The van der Waals surface area contributed by atoms with Gasteiger partial charge in [-0.25, -0.2) is 0 Å². The summed E-state index contributed by atoms with van der Waals surface area (Å²) in [7, 11) is 0. The maximum Gasteiger partial charge on any atom is 0.203 e. The highest BCUT2D eigenvalue weighted by Gasteiger charge is 2.35. The summed E-state index contributed by atoms with van der Waals surface area (Å²) in [4.78, 5) is 6.06. The predicted molar refractivity (Wildman–Crippen MR) is 333 cm³/mol. The van der Waals surface area contributed by atoms with Gasteiger partial charge in [0.05, 0.1) is 0 Å². The van der Waals surface area contributed by atoms with Crippen molar-refractivity contribution in [3.05, 3.63) is 165 Å². The monoisotopic (exact) mass is 1050 g/mol. The van der Waals surface area contributed by atoms with Crippen molar-refractivity contribution in [2.24, 2.45) is 0 Å². The molecule has 9 rings (SSSR count). The van der Waals surface area contributed by atoms with E-state index in [4.69, 9.17) is 15.4 Å². The van der Waals surface area contributed by atoms with E-state index in [9.17, 15) is 0 Å². The zero-order valence-electron chi connectivity index (χ0n) is 52.1. The number of rotatable bonds is 14. The van der Waals surface area contributed by atoms with Crippen LogP contribution >= 0.6 is 0 Å². The Hall–Kier alpha value is -6.60. The fourth-order valence-electron chi connectivity index (χ4n) is 12.0. The number of benzene rings is 6. The first kappa shape index (κ1) is 57.1. The summed E-state index contributed by atoms with van der Waals surface area (Å²) >= 11 is 0. The van der Waals surface area contributed by atoms with E-state index in [-0.39, 0.29) is 58.2 Å². The van der Waals surface area contributed by atoms with E-state index in [2.05, 4.69) is 281 Å². The van der Waals surface area contributed by atoms with Gasteiger partial charge in [0.25, 0.3) is 0 Å². The summed E-state index contributed by atoms with van der Waals surface area (Å²) in [5.41, 5.74) is 23.0. The van der Waals surface area contributed by atoms with Crippen LogP contribution in [0.3, 0.4) is 0 Å². The van der Waals surface area contributed by atoms with Crippen LogP contribution in [0.25, 0.3) is 67.1 Å². The molecular formula is C72H92N7+. The van der Waals surface area contributed by atoms with Crippen molar-refractivity contribution in [3.8, 4) is 45.3 Å². The molecule has 0 saturated heterocycles. The Kier molecular flexibility index (Phi) is 15.5. The lowest BCUT2D eigenvalue weighted by Crippen LogP contribution is -2.39. The number of hydrogen-bond acceptors (Lipinski definition) is 2. The minimum absolute atomic E-state index is 0.193. The molecule has 3 heterocycles. The molecule has 3 aromatic heterocycles. The van der Waals surface area contributed by atoms with E-state index < -0.39 is 0 Å². The van der Waals surface area contributed by atoms with Crippen LogP contribution in [0.1, 0.15) is 255 Å². The molecule has 7 heteroatoms. The molecule has 9 aromatic rings. The molecule has 414 valence electrons. The highest BCUT2D eigenvalue weighted by atomic mass is 15.5. The molecule has 0 N–H and O–H groups in total. The van der Waals surface area contributed by atoms with Gasteiger partial charge in [-0.2, -0.15) is 0 Å². The van der Waals surface area contributed by atoms with Crippen molar-refractivity contribution < 1.29 is 9.36 Å². The summed E-state index contributed by atoms with van der Waals surface area (Å²) in [5.74, 6) is 2.13. The summed E-state index contributed by atoms with van der Waals surface area (Å²) in [6, 6.07) is 37.1. The first-order valence-electron chi connectivity index (χ1n) is 29.8. The standard InChI is InChI=1S/C72H92N7/c1-41(2)51-27-23-28-52(42(3)4)67(51)76-39-63(78(74-76)69-55(45(9)10)31-25-32-56(69)46(11)12)61-37-49(71(17,18)19)35-59-60-36-50(72(20,21)22)38-62(66(60)73-65(59)61)64-40-77(68-53(43(5)6)29-24-30-54(68)44(7)8)75-79(64)70-57(47(13)14)33-26-34-58(70)48(15)16/h23-48H,1-22H3/q+1. The van der Waals surface area contributed by atoms with E-state index in [0.717, 1.165) is 67.1 Å². The Morgan fingerprint density at radius 1 is 0.367 bits per heavy atom. The average molecular weight is 1060 g/mol. The van der Waals surface area contributed by atoms with Gasteiger partial charge in [0.1, 0.15) is 10.4 Å². The molecule has 7 nitrogen and oxygen atoms in total. The maximum atomic E-state index is 6.06. The van der Waals surface area contributed by atoms with Crippen LogP contribution in [0, 0.1) is 0 Å². The SMILES string of the molecule is CC(C)c1cccc(C(C)C)c1-n1cc(-c2cc(C(C)(C)C)cc3c2[n-]c2c(-c4cn(-c5c(C(C)C)cccc5C(C)C)n[n+]4-c4c(C(C)C)cccc4C(C)C)cc(C(C)(C)C)cc23)[n+](-c2c(C(C)C)cccc2C(C)C)n1. The van der Waals surface area contributed by atoms with Gasteiger partial charge in [0.15, 0.2) is 35.1 Å². The highest BCUT2D eigenvalue weighted by Crippen LogP contribution is 2.44. The molecule has 0 atom stereocenters. The number of aromatic nitrogens is 7. The first-order chi connectivity index (χ1) is 37.1. The molecule has 0 amide bonds. The van der Waals surface area contributed by atoms with Gasteiger partial charge in [-0.15, -0.1) is 20.4 Å². The van der Waals surface area contributed by atoms with Crippen LogP contribution in [0.2, 0.25) is 0 Å². The predicted octanol–water partition coefficient (Wildman–Crippen LogP) is 18.8. The third kappa shape index (κ3) is 10.5. The van der Waals surface area contributed by atoms with Crippen molar-refractivity contribution in [1.29, 1.82) is 0 Å². The highest BCUT2D eigenvalue weighted by molar-refractivity contribution is 6.15. The second-order valence-corrected chi connectivity index (χ2v) is 27.3. The molecule has 79 heavy (non-hydrogen) atoms. The van der Waals surface area contributed by atoms with Crippen molar-refractivity contribution in [1.82, 2.24) is 24.8 Å². The van der Waals surface area contributed by atoms with Gasteiger partial charge in [-0.05, 0) is 92.2 Å². The van der Waals surface area contributed by atoms with Crippen LogP contribution in [0.15, 0.2) is 109 Å². The lowest BCUT2D eigenvalue weighted by atomic mass is 9.83. The molecule has 0 aliphatic rings. The number of fused-ring (bicyclic) bond motifs is 3. The molecule has 0 bridgehead atoms. The molecule has 0 radical (unpaired) electrons. The number of nitrogens with zero attached hydrogens (tertiary/aromatic N) is 7. The molecule has 0 unspecified atom stereocenters. The topological polar surface area (TPSA) is 57.5 Å². The normalized spacial score (nSPS) is 12.8. The minimum Gasteiger partial charge on any atom is -0.656 e. The van der Waals surface area contributed by atoms with Crippen LogP contribution in [0.4, 0.5) is 0 Å². The second kappa shape index (κ2) is 21.5. The number of para-hydroxylation sites is 4. The zero-order chi connectivity index (χ0) is 57.5. The zero-order valence-corrected chi connectivity index (χ0v) is 52.1. The average Bonchev–Trinajstić information content (AvgIpc) is 4.17. The summed E-state index contributed by atoms with van der Waals surface area (Å²) < 4.78 is 9.00. The first-order valence-corrected chi connectivity index (χ1v) is 29.8. The van der Waals surface area contributed by atoms with Gasteiger partial charge in [-0.3, -0.25) is 0 Å². The lowest BCUT2D eigenvalue weighted by Gasteiger charge is -2.22. The van der Waals surface area contributed by atoms with E-state index in [0.29, 0.717) is 0 Å². The van der Waals surface area contributed by atoms with E-state index in [1.54, 1.807) is 0 Å². The Morgan fingerprint density at radius 2 is 0.620 bits per heavy atom. The summed E-state index contributed by atoms with van der Waals surface area (Å²) in [5, 5.41) is 13.9. The van der Waals surface area contributed by atoms with Crippen LogP contribution in [0.5, 0.6) is 0 Å². The molecule has 6 aromatic carbocycles. The van der Waals surface area contributed by atoms with E-state index >= 15 is 0 Å².